The lowest BCUT2D eigenvalue weighted by Gasteiger charge is -2.11. The second-order valence-electron chi connectivity index (χ2n) is 2.82. The van der Waals surface area contributed by atoms with Gasteiger partial charge in [0.1, 0.15) is 5.75 Å². The highest BCUT2D eigenvalue weighted by Gasteiger charge is 2.11. The minimum absolute atomic E-state index is 0.389. The molecule has 6 heteroatoms. The van der Waals surface area contributed by atoms with Crippen LogP contribution in [-0.4, -0.2) is 31.9 Å². The molecule has 88 valence electrons. The summed E-state index contributed by atoms with van der Waals surface area (Å²) in [7, 11) is 3.01. The van der Waals surface area contributed by atoms with Crippen LogP contribution in [0.15, 0.2) is 16.6 Å². The van der Waals surface area contributed by atoms with Gasteiger partial charge in [-0.25, -0.2) is 4.79 Å². The van der Waals surface area contributed by atoms with E-state index in [1.165, 1.54) is 14.2 Å². The van der Waals surface area contributed by atoms with Gasteiger partial charge < -0.3 is 19.3 Å². The summed E-state index contributed by atoms with van der Waals surface area (Å²) in [5, 5.41) is 8.50. The van der Waals surface area contributed by atoms with Gasteiger partial charge in [-0.3, -0.25) is 0 Å². The Morgan fingerprint density at radius 3 is 2.31 bits per heavy atom. The quantitative estimate of drug-likeness (QED) is 0.898. The number of halogens is 1. The van der Waals surface area contributed by atoms with Crippen molar-refractivity contribution in [2.45, 2.75) is 0 Å². The van der Waals surface area contributed by atoms with E-state index >= 15 is 0 Å². The smallest absolute Gasteiger partial charge is 0.341 e. The molecule has 0 saturated heterocycles. The summed E-state index contributed by atoms with van der Waals surface area (Å²) in [6.07, 6.45) is 0. The number of carboxylic acid groups (broad SMARTS) is 1. The Morgan fingerprint density at radius 1 is 1.25 bits per heavy atom. The van der Waals surface area contributed by atoms with Crippen molar-refractivity contribution in [3.63, 3.8) is 0 Å². The highest BCUT2D eigenvalue weighted by atomic mass is 79.9. The van der Waals surface area contributed by atoms with Crippen LogP contribution in [0.25, 0.3) is 0 Å². The monoisotopic (exact) mass is 290 g/mol. The Balaban J connectivity index is 2.96. The Bertz CT molecular complexity index is 391. The van der Waals surface area contributed by atoms with Gasteiger partial charge in [-0.1, -0.05) is 0 Å². The van der Waals surface area contributed by atoms with E-state index in [-0.39, 0.29) is 0 Å². The zero-order chi connectivity index (χ0) is 12.1. The fraction of sp³-hybridized carbons (Fsp3) is 0.300. The summed E-state index contributed by atoms with van der Waals surface area (Å²) >= 11 is 3.25. The number of hydrogen-bond acceptors (Lipinski definition) is 4. The molecule has 1 aromatic carbocycles. The van der Waals surface area contributed by atoms with Crippen LogP contribution in [0.1, 0.15) is 0 Å². The second kappa shape index (κ2) is 5.60. The van der Waals surface area contributed by atoms with Crippen molar-refractivity contribution in [1.29, 1.82) is 0 Å². The normalized spacial score (nSPS) is 9.69. The first-order chi connectivity index (χ1) is 7.58. The van der Waals surface area contributed by atoms with Crippen LogP contribution in [-0.2, 0) is 4.79 Å². The van der Waals surface area contributed by atoms with Gasteiger partial charge in [0.25, 0.3) is 0 Å². The van der Waals surface area contributed by atoms with Gasteiger partial charge in [0.05, 0.1) is 18.7 Å². The van der Waals surface area contributed by atoms with Crippen LogP contribution >= 0.6 is 15.9 Å². The predicted molar refractivity (Wildman–Crippen MR) is 60.4 cm³/mol. The minimum Gasteiger partial charge on any atom is -0.493 e. The number of methoxy groups -OCH3 is 2. The van der Waals surface area contributed by atoms with Gasteiger partial charge in [0.15, 0.2) is 18.1 Å². The largest absolute Gasteiger partial charge is 0.493 e. The third-order valence-corrected chi connectivity index (χ3v) is 2.41. The van der Waals surface area contributed by atoms with Crippen molar-refractivity contribution in [2.24, 2.45) is 0 Å². The van der Waals surface area contributed by atoms with E-state index in [9.17, 15) is 4.79 Å². The number of aliphatic carboxylic acids is 1. The van der Waals surface area contributed by atoms with Crippen LogP contribution < -0.4 is 14.2 Å². The molecule has 16 heavy (non-hydrogen) atoms. The molecule has 0 aliphatic carbocycles. The number of benzene rings is 1. The van der Waals surface area contributed by atoms with Gasteiger partial charge in [0.2, 0.25) is 0 Å². The van der Waals surface area contributed by atoms with E-state index < -0.39 is 12.6 Å². The Morgan fingerprint density at radius 2 is 1.81 bits per heavy atom. The highest BCUT2D eigenvalue weighted by Crippen LogP contribution is 2.37. The van der Waals surface area contributed by atoms with Crippen molar-refractivity contribution in [3.8, 4) is 17.2 Å². The minimum atomic E-state index is -1.04. The van der Waals surface area contributed by atoms with Crippen LogP contribution in [0, 0.1) is 0 Å². The van der Waals surface area contributed by atoms with Crippen molar-refractivity contribution in [2.75, 3.05) is 20.8 Å². The molecule has 0 aliphatic heterocycles. The van der Waals surface area contributed by atoms with Crippen molar-refractivity contribution in [1.82, 2.24) is 0 Å². The summed E-state index contributed by atoms with van der Waals surface area (Å²) in [5.41, 5.74) is 0. The standard InChI is InChI=1S/C10H11BrO5/c1-14-8-3-6(11)7(4-9(8)15-2)16-5-10(12)13/h3-4H,5H2,1-2H3,(H,12,13). The van der Waals surface area contributed by atoms with Crippen LogP contribution in [0.3, 0.4) is 0 Å². The van der Waals surface area contributed by atoms with Gasteiger partial charge in [-0.15, -0.1) is 0 Å². The lowest BCUT2D eigenvalue weighted by Crippen LogP contribution is -2.09. The molecule has 0 amide bonds. The molecule has 0 heterocycles. The summed E-state index contributed by atoms with van der Waals surface area (Å²) in [6, 6.07) is 3.21. The van der Waals surface area contributed by atoms with E-state index in [4.69, 9.17) is 19.3 Å². The molecule has 0 unspecified atom stereocenters. The van der Waals surface area contributed by atoms with Crippen LogP contribution in [0.2, 0.25) is 0 Å². The molecule has 0 aliphatic rings. The molecule has 1 rings (SSSR count). The van der Waals surface area contributed by atoms with Crippen molar-refractivity contribution >= 4 is 21.9 Å². The summed E-state index contributed by atoms with van der Waals surface area (Å²) in [4.78, 5) is 10.4. The first kappa shape index (κ1) is 12.6. The molecule has 1 N–H and O–H groups in total. The van der Waals surface area contributed by atoms with Gasteiger partial charge in [-0.05, 0) is 15.9 Å². The average Bonchev–Trinajstić information content (AvgIpc) is 2.26. The molecule has 0 atom stereocenters. The second-order valence-corrected chi connectivity index (χ2v) is 3.67. The maximum atomic E-state index is 10.4. The third kappa shape index (κ3) is 3.03. The van der Waals surface area contributed by atoms with E-state index in [0.29, 0.717) is 21.7 Å². The fourth-order valence-electron chi connectivity index (χ4n) is 1.09. The Kier molecular flexibility index (Phi) is 4.42. The molecule has 0 spiro atoms. The SMILES string of the molecule is COc1cc(Br)c(OCC(=O)O)cc1OC. The molecule has 0 radical (unpaired) electrons. The maximum Gasteiger partial charge on any atom is 0.341 e. The van der Waals surface area contributed by atoms with E-state index in [1.807, 2.05) is 0 Å². The van der Waals surface area contributed by atoms with Crippen molar-refractivity contribution in [3.05, 3.63) is 16.6 Å². The van der Waals surface area contributed by atoms with Gasteiger partial charge in [-0.2, -0.15) is 0 Å². The van der Waals surface area contributed by atoms with E-state index in [0.717, 1.165) is 0 Å². The number of carboxylic acids is 1. The molecular formula is C10H11BrO5. The molecule has 5 nitrogen and oxygen atoms in total. The number of carbonyl (C=O) groups is 1. The first-order valence-electron chi connectivity index (χ1n) is 4.34. The average molecular weight is 291 g/mol. The third-order valence-electron chi connectivity index (χ3n) is 1.79. The molecule has 0 saturated carbocycles. The van der Waals surface area contributed by atoms with Crippen LogP contribution in [0.5, 0.6) is 17.2 Å². The predicted octanol–water partition coefficient (Wildman–Crippen LogP) is 1.93. The zero-order valence-corrected chi connectivity index (χ0v) is 10.4. The topological polar surface area (TPSA) is 65.0 Å². The zero-order valence-electron chi connectivity index (χ0n) is 8.82. The van der Waals surface area contributed by atoms with E-state index in [2.05, 4.69) is 15.9 Å². The molecule has 0 bridgehead atoms. The van der Waals surface area contributed by atoms with Crippen molar-refractivity contribution < 1.29 is 24.1 Å². The van der Waals surface area contributed by atoms with Gasteiger partial charge >= 0.3 is 5.97 Å². The van der Waals surface area contributed by atoms with E-state index in [1.54, 1.807) is 12.1 Å². The molecule has 1 aromatic rings. The number of ether oxygens (including phenoxy) is 3. The lowest BCUT2D eigenvalue weighted by atomic mass is 10.3. The molecule has 0 aromatic heterocycles. The fourth-order valence-corrected chi connectivity index (χ4v) is 1.52. The molecular weight excluding hydrogens is 280 g/mol. The molecule has 0 fully saturated rings. The summed E-state index contributed by atoms with van der Waals surface area (Å²) < 4.78 is 15.8. The first-order valence-corrected chi connectivity index (χ1v) is 5.14. The van der Waals surface area contributed by atoms with Gasteiger partial charge in [0, 0.05) is 12.1 Å². The number of rotatable bonds is 5. The Hall–Kier alpha value is -1.43. The lowest BCUT2D eigenvalue weighted by molar-refractivity contribution is -0.139. The maximum absolute atomic E-state index is 10.4. The Labute approximate surface area is 101 Å². The van der Waals surface area contributed by atoms with Crippen LogP contribution in [0.4, 0.5) is 0 Å². The number of hydrogen-bond donors (Lipinski definition) is 1. The highest BCUT2D eigenvalue weighted by molar-refractivity contribution is 9.10. The summed E-state index contributed by atoms with van der Waals surface area (Å²) in [5.74, 6) is 0.366. The summed E-state index contributed by atoms with van der Waals surface area (Å²) in [6.45, 7) is -0.409.